The molecule has 11 heteroatoms. The number of sulfonamides is 1. The molecule has 2 aliphatic carbocycles. The second-order valence-corrected chi connectivity index (χ2v) is 26.4. The Balaban J connectivity index is 1.17. The van der Waals surface area contributed by atoms with Crippen LogP contribution in [0.5, 0.6) is 5.75 Å². The molecule has 0 saturated heterocycles. The molecule has 1 aliphatic heterocycles. The number of allylic oxidation sites excluding steroid dienone is 2. The number of hydrogen-bond donors (Lipinski definition) is 2. The summed E-state index contributed by atoms with van der Waals surface area (Å²) in [5.74, 6) is 0.312. The van der Waals surface area contributed by atoms with Crippen molar-refractivity contribution in [2.24, 2.45) is 11.8 Å². The van der Waals surface area contributed by atoms with Gasteiger partial charge in [-0.2, -0.15) is 0 Å². The summed E-state index contributed by atoms with van der Waals surface area (Å²) in [6.45, 7) is 16.4. The van der Waals surface area contributed by atoms with E-state index in [2.05, 4.69) is 86.4 Å². The summed E-state index contributed by atoms with van der Waals surface area (Å²) >= 11 is 6.51. The molecule has 4 aromatic carbocycles. The molecule has 2 N–H and O–H groups in total. The number of carbonyl (C=O) groups is 1. The Morgan fingerprint density at radius 1 is 1.03 bits per heavy atom. The number of fused-ring (bicyclic) bond motifs is 3. The first-order valence-corrected chi connectivity index (χ1v) is 27.5. The van der Waals surface area contributed by atoms with E-state index >= 15 is 0 Å². The predicted molar refractivity (Wildman–Crippen MR) is 269 cm³/mol. The molecule has 7 rings (SSSR count). The van der Waals surface area contributed by atoms with Crippen LogP contribution in [0.2, 0.25) is 10.1 Å². The van der Waals surface area contributed by atoms with Crippen molar-refractivity contribution >= 4 is 51.9 Å². The van der Waals surface area contributed by atoms with Gasteiger partial charge in [-0.1, -0.05) is 131 Å². The van der Waals surface area contributed by atoms with Crippen molar-refractivity contribution < 1.29 is 27.5 Å². The first kappa shape index (κ1) is 48.7. The highest BCUT2D eigenvalue weighted by molar-refractivity contribution is 7.90. The van der Waals surface area contributed by atoms with Crippen LogP contribution in [0.15, 0.2) is 122 Å². The molecule has 1 heterocycles. The van der Waals surface area contributed by atoms with E-state index in [9.17, 15) is 18.3 Å². The lowest BCUT2D eigenvalue weighted by molar-refractivity contribution is 0.0456. The van der Waals surface area contributed by atoms with Crippen LogP contribution < -0.4 is 24.7 Å². The molecule has 8 nitrogen and oxygen atoms in total. The smallest absolute Gasteiger partial charge is 0.264 e. The number of aliphatic hydroxyl groups excluding tert-OH is 1. The average Bonchev–Trinajstić information content (AvgIpc) is 3.42. The zero-order valence-corrected chi connectivity index (χ0v) is 41.6. The zero-order chi connectivity index (χ0) is 46.4. The summed E-state index contributed by atoms with van der Waals surface area (Å²) in [4.78, 5) is 16.7. The molecule has 0 radical (unpaired) electrons. The third kappa shape index (κ3) is 10.7. The molecule has 0 aromatic heterocycles. The molecular weight excluding hydrogens is 868 g/mol. The molecule has 348 valence electrons. The van der Waals surface area contributed by atoms with Crippen LogP contribution in [-0.4, -0.2) is 64.9 Å². The Bertz CT molecular complexity index is 2370. The lowest BCUT2D eigenvalue weighted by Crippen LogP contribution is -2.67. The number of aliphatic hydroxyl groups is 1. The number of benzene rings is 4. The molecule has 1 amide bonds. The van der Waals surface area contributed by atoms with Gasteiger partial charge in [-0.05, 0) is 133 Å². The number of hydrogen-bond acceptors (Lipinski definition) is 7. The summed E-state index contributed by atoms with van der Waals surface area (Å²) in [7, 11) is -7.19. The molecule has 1 spiro atoms. The minimum atomic E-state index is -4.20. The zero-order valence-electron chi connectivity index (χ0n) is 39.0. The Kier molecular flexibility index (Phi) is 15.6. The van der Waals surface area contributed by atoms with E-state index < -0.39 is 41.7 Å². The number of amides is 1. The lowest BCUT2D eigenvalue weighted by Gasteiger charge is -2.45. The molecule has 0 bridgehead atoms. The van der Waals surface area contributed by atoms with Crippen LogP contribution in [0.25, 0.3) is 0 Å². The summed E-state index contributed by atoms with van der Waals surface area (Å²) in [6.07, 6.45) is 12.4. The highest BCUT2D eigenvalue weighted by Crippen LogP contribution is 2.47. The fourth-order valence-electron chi connectivity index (χ4n) is 10.7. The highest BCUT2D eigenvalue weighted by Gasteiger charge is 2.51. The lowest BCUT2D eigenvalue weighted by atomic mass is 9.68. The summed E-state index contributed by atoms with van der Waals surface area (Å²) in [5, 5.41) is 13.0. The molecular formula is C54H69ClN2O6SSi. The second kappa shape index (κ2) is 20.8. The minimum Gasteiger partial charge on any atom is -0.490 e. The van der Waals surface area contributed by atoms with Crippen molar-refractivity contribution in [3.63, 3.8) is 0 Å². The Hall–Kier alpha value is -4.19. The van der Waals surface area contributed by atoms with Crippen molar-refractivity contribution in [3.05, 3.63) is 144 Å². The molecule has 6 atom stereocenters. The van der Waals surface area contributed by atoms with Crippen LogP contribution in [0.3, 0.4) is 0 Å². The summed E-state index contributed by atoms with van der Waals surface area (Å²) < 4.78 is 45.6. The van der Waals surface area contributed by atoms with Crippen molar-refractivity contribution in [3.8, 4) is 5.75 Å². The number of ether oxygens (including phenoxy) is 1. The first-order valence-electron chi connectivity index (χ1n) is 23.7. The van der Waals surface area contributed by atoms with Crippen LogP contribution in [0, 0.1) is 11.8 Å². The van der Waals surface area contributed by atoms with Crippen LogP contribution >= 0.6 is 11.6 Å². The van der Waals surface area contributed by atoms with E-state index in [1.54, 1.807) is 18.2 Å². The van der Waals surface area contributed by atoms with E-state index in [1.165, 1.54) is 11.1 Å². The maximum absolute atomic E-state index is 14.5. The Morgan fingerprint density at radius 3 is 2.37 bits per heavy atom. The Morgan fingerprint density at radius 2 is 1.74 bits per heavy atom. The topological polar surface area (TPSA) is 105 Å². The number of nitrogens with one attached hydrogen (secondary N) is 1. The van der Waals surface area contributed by atoms with Gasteiger partial charge in [-0.25, -0.2) is 13.1 Å². The third-order valence-corrected chi connectivity index (χ3v) is 21.4. The number of rotatable bonds is 18. The number of aryl methyl sites for hydroxylation is 1. The fraction of sp³-hybridized carbons (Fsp3) is 0.463. The van der Waals surface area contributed by atoms with Gasteiger partial charge in [0.2, 0.25) is 10.0 Å². The van der Waals surface area contributed by atoms with E-state index in [0.717, 1.165) is 66.0 Å². The number of anilines is 1. The second-order valence-electron chi connectivity index (χ2n) is 19.8. The molecule has 3 unspecified atom stereocenters. The fourth-order valence-corrected chi connectivity index (χ4v) is 17.2. The van der Waals surface area contributed by atoms with Crippen LogP contribution in [0.4, 0.5) is 5.69 Å². The van der Waals surface area contributed by atoms with Gasteiger partial charge >= 0.3 is 0 Å². The van der Waals surface area contributed by atoms with Crippen molar-refractivity contribution in [2.75, 3.05) is 24.6 Å². The van der Waals surface area contributed by atoms with Crippen molar-refractivity contribution in [2.45, 2.75) is 127 Å². The number of halogens is 1. The number of unbranched alkanes of at least 4 members (excludes halogenated alkanes) is 1. The average molecular weight is 938 g/mol. The van der Waals surface area contributed by atoms with Gasteiger partial charge in [-0.15, -0.1) is 6.58 Å². The molecule has 4 aromatic rings. The maximum Gasteiger partial charge on any atom is 0.264 e. The minimum absolute atomic E-state index is 0.122. The van der Waals surface area contributed by atoms with Gasteiger partial charge < -0.3 is 19.2 Å². The van der Waals surface area contributed by atoms with Crippen LogP contribution in [0.1, 0.15) is 114 Å². The van der Waals surface area contributed by atoms with Gasteiger partial charge in [0.25, 0.3) is 14.2 Å². The summed E-state index contributed by atoms with van der Waals surface area (Å²) in [5.41, 5.74) is 3.14. The van der Waals surface area contributed by atoms with Gasteiger partial charge in [0.15, 0.2) is 0 Å². The number of nitrogens with zero attached hydrogens (tertiary/aromatic N) is 1. The molecule has 1 fully saturated rings. The highest BCUT2D eigenvalue weighted by atomic mass is 35.5. The predicted octanol–water partition coefficient (Wildman–Crippen LogP) is 10.3. The number of carbonyl (C=O) groups excluding carboxylic acids is 1. The molecule has 3 aliphatic rings. The van der Waals surface area contributed by atoms with E-state index in [-0.39, 0.29) is 40.7 Å². The normalized spacial score (nSPS) is 21.3. The quantitative estimate of drug-likeness (QED) is 0.0756. The van der Waals surface area contributed by atoms with Crippen molar-refractivity contribution in [1.82, 2.24) is 4.72 Å². The molecule has 65 heavy (non-hydrogen) atoms. The van der Waals surface area contributed by atoms with Crippen LogP contribution in [-0.2, 0) is 26.3 Å². The Labute approximate surface area is 394 Å². The first-order chi connectivity index (χ1) is 31.1. The van der Waals surface area contributed by atoms with Gasteiger partial charge in [0.05, 0.1) is 23.6 Å². The monoisotopic (exact) mass is 936 g/mol. The van der Waals surface area contributed by atoms with E-state index in [0.29, 0.717) is 31.9 Å². The van der Waals surface area contributed by atoms with E-state index in [4.69, 9.17) is 20.8 Å². The maximum atomic E-state index is 14.5. The van der Waals surface area contributed by atoms with E-state index in [1.807, 2.05) is 61.5 Å². The van der Waals surface area contributed by atoms with Gasteiger partial charge in [0.1, 0.15) is 5.75 Å². The molecule has 1 saturated carbocycles. The standard InChI is InChI=1S/C54H69ClN2O6SSi/c1-7-9-13-25-50(58)47-29-26-42(47)36-57-37-54(32-18-19-40-34-43(55)28-30-48(40)54)38-62-51-31-27-41(35-49(51)57)52(59)56-64(60,61)44(20-10-8-2)33-39(3)63-65(53(4,5)6,45-21-14-11-15-22-45)46-23-16-12-17-24-46/h8,11-17,21-25,27-28,30-31,34-35,39,42,44,47,50,58H,2,7,9-10,18-20,26,29,32-33,36-38H2,1,3-6H3,(H,56,59)/b25-13+/t39?,42-,44?,47+,50?,54-/m0/s1. The van der Waals surface area contributed by atoms with Gasteiger partial charge in [-0.3, -0.25) is 4.79 Å². The third-order valence-electron chi connectivity index (χ3n) is 14.2. The largest absolute Gasteiger partial charge is 0.490 e. The van der Waals surface area contributed by atoms with Gasteiger partial charge in [0, 0.05) is 35.2 Å². The van der Waals surface area contributed by atoms with Crippen molar-refractivity contribution in [1.29, 1.82) is 0 Å². The summed E-state index contributed by atoms with van der Waals surface area (Å²) in [6, 6.07) is 32.1. The SMILES string of the molecule is C=CCCC(CC(C)O[Si](c1ccccc1)(c1ccccc1)C(C)(C)C)S(=O)(=O)NC(=O)c1ccc2c(c1)N(C[C@@H]1CC[C@H]1C(O)/C=C/CCC)C[C@@]1(CCCc3cc(Cl)ccc31)CO2.